The van der Waals surface area contributed by atoms with Crippen LogP contribution in [0.3, 0.4) is 0 Å². The van der Waals surface area contributed by atoms with Crippen LogP contribution in [-0.2, 0) is 24.8 Å². The molecule has 3 aromatic heterocycles. The Morgan fingerprint density at radius 2 is 1.78 bits per heavy atom. The van der Waals surface area contributed by atoms with E-state index < -0.39 is 12.1 Å². The smallest absolute Gasteiger partial charge is 0.475 e. The molecule has 1 aliphatic heterocycles. The summed E-state index contributed by atoms with van der Waals surface area (Å²) in [6, 6.07) is 5.73. The van der Waals surface area contributed by atoms with E-state index in [1.54, 1.807) is 24.8 Å². The number of aryl methyl sites for hydroxylation is 1. The Morgan fingerprint density at radius 3 is 2.34 bits per heavy atom. The quantitative estimate of drug-likeness (QED) is 0.630. The molecule has 0 spiro atoms. The molecule has 170 valence electrons. The summed E-state index contributed by atoms with van der Waals surface area (Å²) in [6.07, 6.45) is 4.58. The summed E-state index contributed by atoms with van der Waals surface area (Å²) in [5.74, 6) is -1.74. The van der Waals surface area contributed by atoms with E-state index in [-0.39, 0.29) is 18.3 Å². The Bertz CT molecular complexity index is 1090. The van der Waals surface area contributed by atoms with Crippen molar-refractivity contribution in [3.63, 3.8) is 0 Å². The van der Waals surface area contributed by atoms with Gasteiger partial charge in [-0.15, -0.1) is 12.4 Å². The van der Waals surface area contributed by atoms with Gasteiger partial charge in [0.2, 0.25) is 0 Å². The van der Waals surface area contributed by atoms with Gasteiger partial charge < -0.3 is 14.6 Å². The molecule has 8 nitrogen and oxygen atoms in total. The molecule has 4 heterocycles. The number of carbonyl (C=O) groups is 2. The van der Waals surface area contributed by atoms with Crippen molar-refractivity contribution in [2.45, 2.75) is 19.1 Å². The Morgan fingerprint density at radius 1 is 1.12 bits per heavy atom. The zero-order valence-electron chi connectivity index (χ0n) is 16.8. The molecule has 12 heteroatoms. The lowest BCUT2D eigenvalue weighted by Crippen LogP contribution is -2.27. The van der Waals surface area contributed by atoms with Gasteiger partial charge in [-0.05, 0) is 29.3 Å². The lowest BCUT2D eigenvalue weighted by atomic mass is 10.0. The number of imidazole rings is 1. The predicted molar refractivity (Wildman–Crippen MR) is 110 cm³/mol. The fourth-order valence-corrected chi connectivity index (χ4v) is 3.10. The number of hydrogen-bond acceptors (Lipinski definition) is 5. The van der Waals surface area contributed by atoms with Crippen molar-refractivity contribution >= 4 is 24.3 Å². The maximum absolute atomic E-state index is 12.9. The second-order valence-corrected chi connectivity index (χ2v) is 6.65. The second kappa shape index (κ2) is 10.2. The molecule has 0 saturated carbocycles. The first-order valence-electron chi connectivity index (χ1n) is 9.12. The van der Waals surface area contributed by atoms with Crippen molar-refractivity contribution in [3.8, 4) is 11.1 Å². The van der Waals surface area contributed by atoms with Crippen molar-refractivity contribution in [3.05, 3.63) is 66.3 Å². The molecule has 1 amide bonds. The average molecular weight is 470 g/mol. The van der Waals surface area contributed by atoms with Crippen LogP contribution in [0.1, 0.15) is 21.9 Å². The summed E-state index contributed by atoms with van der Waals surface area (Å²) >= 11 is 0. The van der Waals surface area contributed by atoms with Crippen LogP contribution in [-0.4, -0.2) is 54.1 Å². The minimum absolute atomic E-state index is 0. The monoisotopic (exact) mass is 469 g/mol. The maximum atomic E-state index is 12.9. The number of nitrogens with zero attached hydrogens (tertiary/aromatic N) is 5. The zero-order valence-corrected chi connectivity index (χ0v) is 17.6. The first-order valence-corrected chi connectivity index (χ1v) is 9.12. The van der Waals surface area contributed by atoms with Crippen molar-refractivity contribution < 1.29 is 27.9 Å². The lowest BCUT2D eigenvalue weighted by molar-refractivity contribution is -0.192. The zero-order chi connectivity index (χ0) is 22.6. The molecule has 0 bridgehead atoms. The highest BCUT2D eigenvalue weighted by molar-refractivity contribution is 6.03. The van der Waals surface area contributed by atoms with E-state index in [4.69, 9.17) is 9.90 Å². The molecule has 0 aliphatic carbocycles. The van der Waals surface area contributed by atoms with Gasteiger partial charge in [0.15, 0.2) is 0 Å². The minimum Gasteiger partial charge on any atom is -0.475 e. The number of carbonyl (C=O) groups excluding carboxylic acids is 1. The standard InChI is InChI=1S/C18H17N5O.C2HF3O2.ClH/c1-22-11-9-21-16(22)5-10-23-12-15-17(18(23)24)14(4-8-20-15)13-2-6-19-7-3-13;3-2(4,5)1(6)7;/h2-4,6-9,11H,5,10,12H2,1H3;(H,6,7);1H. The van der Waals surface area contributed by atoms with E-state index in [1.165, 1.54) is 0 Å². The molecule has 1 N–H and O–H groups in total. The normalized spacial score (nSPS) is 12.5. The number of carboxylic acids is 1. The Balaban J connectivity index is 0.000000398. The van der Waals surface area contributed by atoms with E-state index >= 15 is 0 Å². The molecule has 0 unspecified atom stereocenters. The van der Waals surface area contributed by atoms with Crippen LogP contribution in [0.2, 0.25) is 0 Å². The van der Waals surface area contributed by atoms with Gasteiger partial charge in [0.05, 0.1) is 17.8 Å². The predicted octanol–water partition coefficient (Wildman–Crippen LogP) is 3.13. The van der Waals surface area contributed by atoms with E-state index in [0.29, 0.717) is 18.7 Å². The molecule has 0 fully saturated rings. The number of hydrogen-bond donors (Lipinski definition) is 1. The van der Waals surface area contributed by atoms with Gasteiger partial charge in [-0.2, -0.15) is 13.2 Å². The largest absolute Gasteiger partial charge is 0.490 e. The average Bonchev–Trinajstić information content (AvgIpc) is 3.29. The van der Waals surface area contributed by atoms with Crippen molar-refractivity contribution in [2.24, 2.45) is 7.05 Å². The maximum Gasteiger partial charge on any atom is 0.490 e. The first kappa shape index (κ1) is 24.8. The molecule has 1 aliphatic rings. The van der Waals surface area contributed by atoms with E-state index in [1.807, 2.05) is 40.9 Å². The van der Waals surface area contributed by atoms with Crippen LogP contribution in [0.4, 0.5) is 13.2 Å². The van der Waals surface area contributed by atoms with E-state index in [9.17, 15) is 18.0 Å². The molecule has 0 atom stereocenters. The Hall–Kier alpha value is -3.47. The van der Waals surface area contributed by atoms with Crippen molar-refractivity contribution in [2.75, 3.05) is 6.54 Å². The van der Waals surface area contributed by atoms with Gasteiger partial charge in [0.1, 0.15) is 5.82 Å². The fourth-order valence-electron chi connectivity index (χ4n) is 3.10. The number of halogens is 4. The van der Waals surface area contributed by atoms with Crippen LogP contribution in [0.5, 0.6) is 0 Å². The van der Waals surface area contributed by atoms with Crippen molar-refractivity contribution in [1.82, 2.24) is 24.4 Å². The number of pyridine rings is 2. The summed E-state index contributed by atoms with van der Waals surface area (Å²) in [5.41, 5.74) is 3.47. The van der Waals surface area contributed by atoms with Crippen LogP contribution in [0.25, 0.3) is 11.1 Å². The summed E-state index contributed by atoms with van der Waals surface area (Å²) in [4.78, 5) is 36.4. The van der Waals surface area contributed by atoms with Gasteiger partial charge in [0, 0.05) is 51.0 Å². The first-order chi connectivity index (χ1) is 14.7. The summed E-state index contributed by atoms with van der Waals surface area (Å²) in [6.45, 7) is 1.19. The van der Waals surface area contributed by atoms with Crippen LogP contribution < -0.4 is 0 Å². The molecular weight excluding hydrogens is 451 g/mol. The third kappa shape index (κ3) is 5.61. The van der Waals surface area contributed by atoms with Gasteiger partial charge in [-0.25, -0.2) is 9.78 Å². The third-order valence-corrected chi connectivity index (χ3v) is 4.63. The molecule has 0 radical (unpaired) electrons. The number of carboxylic acid groups (broad SMARTS) is 1. The molecule has 32 heavy (non-hydrogen) atoms. The highest BCUT2D eigenvalue weighted by Gasteiger charge is 2.38. The Kier molecular flexibility index (Phi) is 7.92. The number of rotatable bonds is 4. The topological polar surface area (TPSA) is 101 Å². The molecular formula is C20H19ClF3N5O3. The number of alkyl halides is 3. The summed E-state index contributed by atoms with van der Waals surface area (Å²) in [5, 5.41) is 7.12. The van der Waals surface area contributed by atoms with Gasteiger partial charge in [-0.3, -0.25) is 14.8 Å². The van der Waals surface area contributed by atoms with Crippen LogP contribution in [0.15, 0.2) is 49.2 Å². The number of aromatic nitrogens is 4. The second-order valence-electron chi connectivity index (χ2n) is 6.65. The minimum atomic E-state index is -5.08. The van der Waals surface area contributed by atoms with Gasteiger partial charge in [0.25, 0.3) is 5.91 Å². The molecule has 4 rings (SSSR count). The van der Waals surface area contributed by atoms with E-state index in [2.05, 4.69) is 15.0 Å². The molecule has 0 aromatic carbocycles. The van der Waals surface area contributed by atoms with Crippen LogP contribution >= 0.6 is 12.4 Å². The fraction of sp³-hybridized carbons (Fsp3) is 0.250. The number of aliphatic carboxylic acids is 1. The van der Waals surface area contributed by atoms with Gasteiger partial charge in [-0.1, -0.05) is 0 Å². The third-order valence-electron chi connectivity index (χ3n) is 4.63. The lowest BCUT2D eigenvalue weighted by Gasteiger charge is -2.15. The van der Waals surface area contributed by atoms with Crippen LogP contribution in [0, 0.1) is 0 Å². The number of fused-ring (bicyclic) bond motifs is 1. The summed E-state index contributed by atoms with van der Waals surface area (Å²) < 4.78 is 33.7. The van der Waals surface area contributed by atoms with Gasteiger partial charge >= 0.3 is 12.1 Å². The number of amides is 1. The molecule has 3 aromatic rings. The van der Waals surface area contributed by atoms with E-state index in [0.717, 1.165) is 29.1 Å². The summed E-state index contributed by atoms with van der Waals surface area (Å²) in [7, 11) is 1.96. The Labute approximate surface area is 187 Å². The van der Waals surface area contributed by atoms with Crippen molar-refractivity contribution in [1.29, 1.82) is 0 Å². The highest BCUT2D eigenvalue weighted by atomic mass is 35.5. The molecule has 0 saturated heterocycles. The highest BCUT2D eigenvalue weighted by Crippen LogP contribution is 2.31. The SMILES string of the molecule is Cl.Cn1ccnc1CCN1Cc2nccc(-c3ccncc3)c2C1=O.O=C(O)C(F)(F)F.